The van der Waals surface area contributed by atoms with Gasteiger partial charge in [-0.2, -0.15) is 0 Å². The smallest absolute Gasteiger partial charge is 0.336 e. The minimum Gasteiger partial charge on any atom is -0.508 e. The average Bonchev–Trinajstić information content (AvgIpc) is 3.17. The Kier molecular flexibility index (Phi) is 8.88. The lowest BCUT2D eigenvalue weighted by Gasteiger charge is -2.24. The summed E-state index contributed by atoms with van der Waals surface area (Å²) < 4.78 is 12.2. The zero-order valence-electron chi connectivity index (χ0n) is 30.2. The minimum absolute atomic E-state index is 0.0287. The number of phenols is 1. The number of anilines is 1. The Labute approximate surface area is 319 Å². The predicted octanol–water partition coefficient (Wildman–Crippen LogP) is 5.71. The third kappa shape index (κ3) is 6.40. The summed E-state index contributed by atoms with van der Waals surface area (Å²) in [6.45, 7) is 3.99. The summed E-state index contributed by atoms with van der Waals surface area (Å²) >= 11 is 0. The van der Waals surface area contributed by atoms with Crippen molar-refractivity contribution in [2.75, 3.05) is 19.0 Å². The number of ether oxygens (including phenoxy) is 1. The van der Waals surface area contributed by atoms with E-state index in [4.69, 9.17) is 9.15 Å². The number of rotatable bonds is 8. The number of aromatic hydroxyl groups is 1. The van der Waals surface area contributed by atoms with Crippen LogP contribution < -0.4 is 30.8 Å². The molecule has 2 aliphatic heterocycles. The van der Waals surface area contributed by atoms with Gasteiger partial charge in [0, 0.05) is 88.5 Å². The molecule has 0 aromatic heterocycles. The first kappa shape index (κ1) is 35.8. The van der Waals surface area contributed by atoms with Crippen LogP contribution in [-0.4, -0.2) is 46.4 Å². The Bertz CT molecular complexity index is 2910. The predicted molar refractivity (Wildman–Crippen MR) is 212 cm³/mol. The maximum absolute atomic E-state index is 13.6. The number of aromatic carboxylic acids is 1. The Morgan fingerprint density at radius 2 is 1.57 bits per heavy atom. The molecular formula is C45H34N2O9. The average molecular weight is 747 g/mol. The fourth-order valence-electron chi connectivity index (χ4n) is 7.17. The highest BCUT2D eigenvalue weighted by molar-refractivity contribution is 6.04. The lowest BCUT2D eigenvalue weighted by atomic mass is 9.88. The van der Waals surface area contributed by atoms with E-state index in [0.29, 0.717) is 61.1 Å². The largest absolute Gasteiger partial charge is 0.508 e. The van der Waals surface area contributed by atoms with Gasteiger partial charge < -0.3 is 39.8 Å². The van der Waals surface area contributed by atoms with Crippen LogP contribution in [0.1, 0.15) is 49.3 Å². The number of nitrogens with zero attached hydrogens (tertiary/aromatic N) is 1. The minimum atomic E-state index is -1.92. The van der Waals surface area contributed by atoms with Crippen molar-refractivity contribution in [1.82, 2.24) is 5.32 Å². The number of carboxylic acids is 1. The van der Waals surface area contributed by atoms with Crippen LogP contribution in [0.15, 0.2) is 118 Å². The number of aliphatic hydroxyl groups excluding tert-OH is 1. The van der Waals surface area contributed by atoms with Gasteiger partial charge in [0.05, 0.1) is 5.56 Å². The van der Waals surface area contributed by atoms with Crippen molar-refractivity contribution in [3.63, 3.8) is 0 Å². The molecule has 0 unspecified atom stereocenters. The first-order valence-corrected chi connectivity index (χ1v) is 17.5. The molecule has 5 aromatic carbocycles. The highest BCUT2D eigenvalue weighted by Crippen LogP contribution is 2.43. The molecule has 0 atom stereocenters. The molecule has 2 heterocycles. The van der Waals surface area contributed by atoms with Crippen LogP contribution in [-0.2, 0) is 6.54 Å². The molecule has 11 nitrogen and oxygen atoms in total. The van der Waals surface area contributed by atoms with Gasteiger partial charge in [-0.1, -0.05) is 36.9 Å². The van der Waals surface area contributed by atoms with Crippen LogP contribution in [0.5, 0.6) is 17.2 Å². The summed E-state index contributed by atoms with van der Waals surface area (Å²) in [6, 6.07) is 29.5. The molecule has 5 aromatic rings. The second-order valence-electron chi connectivity index (χ2n) is 13.7. The van der Waals surface area contributed by atoms with Crippen molar-refractivity contribution in [3.05, 3.63) is 163 Å². The van der Waals surface area contributed by atoms with E-state index in [-0.39, 0.29) is 45.8 Å². The topological polar surface area (TPSA) is 170 Å². The first-order valence-electron chi connectivity index (χ1n) is 17.5. The van der Waals surface area contributed by atoms with Crippen LogP contribution in [0.4, 0.5) is 5.69 Å². The molecule has 1 amide bonds. The van der Waals surface area contributed by atoms with Gasteiger partial charge in [0.15, 0.2) is 11.7 Å². The molecule has 5 N–H and O–H groups in total. The zero-order chi connectivity index (χ0) is 39.4. The van der Waals surface area contributed by atoms with E-state index >= 15 is 0 Å². The van der Waals surface area contributed by atoms with Crippen molar-refractivity contribution in [2.45, 2.75) is 12.8 Å². The van der Waals surface area contributed by atoms with E-state index in [1.807, 2.05) is 49.3 Å². The van der Waals surface area contributed by atoms with Gasteiger partial charge in [-0.15, -0.1) is 0 Å². The summed E-state index contributed by atoms with van der Waals surface area (Å²) in [5.41, 5.74) is 4.87. The number of carbonyl (C=O) groups excluding carboxylic acids is 1. The van der Waals surface area contributed by atoms with Gasteiger partial charge in [-0.05, 0) is 82.6 Å². The van der Waals surface area contributed by atoms with E-state index in [1.165, 1.54) is 30.3 Å². The van der Waals surface area contributed by atoms with E-state index in [1.54, 1.807) is 48.5 Å². The third-order valence-electron chi connectivity index (χ3n) is 9.86. The number of carbonyl (C=O) groups is 2. The standard InChI is InChI=1S/C45H34N2O9/c1-23-4-10-31-37(16-23)55-38-19-26(47(2)3)7-13-32(38)42(31)30-12-6-25(18-36(30)45(53)54)43(50)46-22-24-5-11-29(35(17-24)44(51)52)41-33-14-8-27(48)20-39(33)56-40-21-28(49)9-15-34(40)41/h4-21,44,48,51-52H,1,22H2,2-3H3,(H,46,50)(H,53,54). The Morgan fingerprint density at radius 3 is 2.34 bits per heavy atom. The highest BCUT2D eigenvalue weighted by Gasteiger charge is 2.26. The monoisotopic (exact) mass is 746 g/mol. The lowest BCUT2D eigenvalue weighted by Crippen LogP contribution is -2.24. The molecule has 0 radical (unpaired) electrons. The summed E-state index contributed by atoms with van der Waals surface area (Å²) in [6.07, 6.45) is -1.92. The van der Waals surface area contributed by atoms with Gasteiger partial charge in [0.25, 0.3) is 5.91 Å². The summed E-state index contributed by atoms with van der Waals surface area (Å²) in [5, 5.41) is 46.5. The molecule has 11 heteroatoms. The summed E-state index contributed by atoms with van der Waals surface area (Å²) in [7, 11) is 3.83. The molecule has 0 saturated heterocycles. The fraction of sp³-hybridized carbons (Fsp3) is 0.0889. The number of hydrogen-bond donors (Lipinski definition) is 5. The van der Waals surface area contributed by atoms with Gasteiger partial charge in [-0.25, -0.2) is 4.79 Å². The second kappa shape index (κ2) is 13.9. The van der Waals surface area contributed by atoms with Crippen molar-refractivity contribution in [2.24, 2.45) is 0 Å². The molecule has 3 aliphatic rings. The number of benzene rings is 6. The SMILES string of the molecule is C=c1ccc2c(c1)Oc1cc(N(C)C)ccc1C=2c1ccc(C(=O)NCc2ccc(-c3c4ccc(=O)cc-4oc4cc(O)ccc34)c(C(O)O)c2)cc1C(=O)O. The molecule has 0 saturated carbocycles. The maximum atomic E-state index is 13.6. The molecule has 278 valence electrons. The van der Waals surface area contributed by atoms with Crippen molar-refractivity contribution in [3.8, 4) is 39.7 Å². The normalized spacial score (nSPS) is 12.0. The Hall–Kier alpha value is -7.21. The number of nitrogens with one attached hydrogen (secondary N) is 1. The van der Waals surface area contributed by atoms with Crippen molar-refractivity contribution < 1.29 is 39.2 Å². The number of carboxylic acid groups (broad SMARTS) is 1. The van der Waals surface area contributed by atoms with Gasteiger partial charge >= 0.3 is 5.97 Å². The first-order chi connectivity index (χ1) is 26.9. The number of hydrogen-bond acceptors (Lipinski definition) is 9. The number of aliphatic hydroxyl groups is 2. The number of fused-ring (bicyclic) bond motifs is 4. The van der Waals surface area contributed by atoms with E-state index in [9.17, 15) is 34.8 Å². The molecule has 0 spiro atoms. The molecule has 0 bridgehead atoms. The fourth-order valence-corrected chi connectivity index (χ4v) is 7.17. The van der Waals surface area contributed by atoms with E-state index in [2.05, 4.69) is 11.9 Å². The van der Waals surface area contributed by atoms with Crippen LogP contribution in [0.3, 0.4) is 0 Å². The maximum Gasteiger partial charge on any atom is 0.336 e. The van der Waals surface area contributed by atoms with E-state index in [0.717, 1.165) is 10.9 Å². The van der Waals surface area contributed by atoms with E-state index < -0.39 is 18.2 Å². The summed E-state index contributed by atoms with van der Waals surface area (Å²) in [4.78, 5) is 40.5. The lowest BCUT2D eigenvalue weighted by molar-refractivity contribution is -0.0420. The van der Waals surface area contributed by atoms with Crippen LogP contribution in [0.25, 0.3) is 45.6 Å². The number of phenolic OH excluding ortho intramolecular Hbond substituents is 1. The van der Waals surface area contributed by atoms with Crippen molar-refractivity contribution in [1.29, 1.82) is 0 Å². The molecule has 0 fully saturated rings. The molecular weight excluding hydrogens is 713 g/mol. The zero-order valence-corrected chi connectivity index (χ0v) is 30.2. The second-order valence-corrected chi connectivity index (χ2v) is 13.7. The molecule has 1 aliphatic carbocycles. The third-order valence-corrected chi connectivity index (χ3v) is 9.86. The van der Waals surface area contributed by atoms with Crippen LogP contribution in [0.2, 0.25) is 0 Å². The van der Waals surface area contributed by atoms with Gasteiger partial charge in [0.2, 0.25) is 0 Å². The Morgan fingerprint density at radius 1 is 0.804 bits per heavy atom. The van der Waals surface area contributed by atoms with Gasteiger partial charge in [0.1, 0.15) is 28.6 Å². The highest BCUT2D eigenvalue weighted by atomic mass is 16.5. The summed E-state index contributed by atoms with van der Waals surface area (Å²) in [5.74, 6) is -0.468. The number of amides is 1. The van der Waals surface area contributed by atoms with Gasteiger partial charge in [-0.3, -0.25) is 9.59 Å². The van der Waals surface area contributed by atoms with Crippen LogP contribution >= 0.6 is 0 Å². The van der Waals surface area contributed by atoms with Crippen molar-refractivity contribution >= 4 is 40.7 Å². The Balaban J connectivity index is 1.13. The van der Waals surface area contributed by atoms with Crippen LogP contribution in [0, 0.1) is 0 Å². The molecule has 56 heavy (non-hydrogen) atoms. The molecule has 8 rings (SSSR count). The quantitative estimate of drug-likeness (QED) is 0.0959.